The fourth-order valence-electron chi connectivity index (χ4n) is 6.73. The van der Waals surface area contributed by atoms with Gasteiger partial charge in [0, 0.05) is 0 Å². The Morgan fingerprint density at radius 1 is 0.704 bits per heavy atom. The van der Waals surface area contributed by atoms with Crippen molar-refractivity contribution in [3.63, 3.8) is 0 Å². The lowest BCUT2D eigenvalue weighted by Gasteiger charge is -2.29. The molecule has 6 atom stereocenters. The summed E-state index contributed by atoms with van der Waals surface area (Å²) in [5.74, 6) is 2.20. The van der Waals surface area contributed by atoms with Crippen molar-refractivity contribution in [2.24, 2.45) is 28.1 Å². The molecule has 4 aliphatic heterocycles. The second kappa shape index (κ2) is 6.87. The first-order valence-corrected chi connectivity index (χ1v) is 11.5. The van der Waals surface area contributed by atoms with Crippen LogP contribution in [0.3, 0.4) is 0 Å². The molecule has 5 fully saturated rings. The molecule has 0 aromatic heterocycles. The van der Waals surface area contributed by atoms with Crippen LogP contribution in [0, 0.1) is 28.1 Å². The van der Waals surface area contributed by atoms with Gasteiger partial charge in [0.2, 0.25) is 0 Å². The van der Waals surface area contributed by atoms with Gasteiger partial charge >= 0.3 is 0 Å². The minimum absolute atomic E-state index is 0.402. The van der Waals surface area contributed by atoms with Crippen molar-refractivity contribution in [1.29, 1.82) is 0 Å². The van der Waals surface area contributed by atoms with E-state index in [9.17, 15) is 0 Å². The molecule has 0 aromatic rings. The summed E-state index contributed by atoms with van der Waals surface area (Å²) in [5, 5.41) is 0. The van der Waals surface area contributed by atoms with Gasteiger partial charge in [-0.1, -0.05) is 60.1 Å². The highest BCUT2D eigenvalue weighted by molar-refractivity contribution is 5.14. The van der Waals surface area contributed by atoms with Crippen molar-refractivity contribution in [3.8, 4) is 0 Å². The molecule has 27 heavy (non-hydrogen) atoms. The predicted octanol–water partition coefficient (Wildman–Crippen LogP) is 6.54. The lowest BCUT2D eigenvalue weighted by molar-refractivity contribution is 0.0737. The zero-order chi connectivity index (χ0) is 19.4. The number of rotatable bonds is 0. The molecule has 6 rings (SSSR count). The van der Waals surface area contributed by atoms with Gasteiger partial charge in [-0.3, -0.25) is 0 Å². The normalized spacial score (nSPS) is 45.4. The van der Waals surface area contributed by atoms with E-state index in [1.54, 1.807) is 6.42 Å². The number of fused-ring (bicyclic) bond motifs is 6. The quantitative estimate of drug-likeness (QED) is 0.448. The van der Waals surface area contributed by atoms with Crippen molar-refractivity contribution in [2.75, 3.05) is 0 Å². The van der Waals surface area contributed by atoms with Crippen LogP contribution in [0.5, 0.6) is 0 Å². The summed E-state index contributed by atoms with van der Waals surface area (Å²) < 4.78 is 11.3. The van der Waals surface area contributed by atoms with E-state index in [1.165, 1.54) is 44.9 Å². The first kappa shape index (κ1) is 20.0. The molecule has 4 heterocycles. The van der Waals surface area contributed by atoms with Gasteiger partial charge in [0.05, 0.1) is 24.4 Å². The Balaban J connectivity index is 0.0000001000. The Kier molecular flexibility index (Phi) is 5.08. The molecule has 2 heteroatoms. The van der Waals surface area contributed by atoms with Crippen LogP contribution in [0.25, 0.3) is 0 Å². The zero-order valence-electron chi connectivity index (χ0n) is 18.6. The van der Waals surface area contributed by atoms with Gasteiger partial charge in [-0.25, -0.2) is 0 Å². The van der Waals surface area contributed by atoms with Crippen LogP contribution in [0.15, 0.2) is 12.2 Å². The molecular weight excluding hydrogens is 332 g/mol. The van der Waals surface area contributed by atoms with Crippen molar-refractivity contribution in [3.05, 3.63) is 12.2 Å². The maximum absolute atomic E-state index is 5.69. The van der Waals surface area contributed by atoms with Crippen molar-refractivity contribution in [1.82, 2.24) is 0 Å². The molecule has 154 valence electrons. The molecule has 6 aliphatic rings. The third kappa shape index (κ3) is 4.04. The van der Waals surface area contributed by atoms with Gasteiger partial charge in [0.15, 0.2) is 0 Å². The van der Waals surface area contributed by atoms with Crippen LogP contribution in [-0.4, -0.2) is 24.4 Å². The van der Waals surface area contributed by atoms with Crippen molar-refractivity contribution < 1.29 is 9.47 Å². The Hall–Kier alpha value is -0.340. The molecule has 6 unspecified atom stereocenters. The average Bonchev–Trinajstić information content (AvgIpc) is 3.33. The van der Waals surface area contributed by atoms with Gasteiger partial charge in [-0.2, -0.15) is 0 Å². The van der Waals surface area contributed by atoms with Crippen LogP contribution >= 0.6 is 0 Å². The number of ether oxygens (including phenoxy) is 2. The second-order valence-electron chi connectivity index (χ2n) is 12.3. The third-order valence-corrected chi connectivity index (χ3v) is 8.51. The first-order chi connectivity index (χ1) is 12.6. The van der Waals surface area contributed by atoms with E-state index in [2.05, 4.69) is 53.7 Å². The van der Waals surface area contributed by atoms with E-state index in [1.807, 2.05) is 0 Å². The minimum Gasteiger partial charge on any atom is -0.374 e. The topological polar surface area (TPSA) is 18.5 Å². The Bertz CT molecular complexity index is 541. The molecule has 0 radical (unpaired) electrons. The number of hydrogen-bond donors (Lipinski definition) is 0. The monoisotopic (exact) mass is 374 g/mol. The van der Waals surface area contributed by atoms with E-state index in [0.29, 0.717) is 40.7 Å². The lowest BCUT2D eigenvalue weighted by atomic mass is 9.77. The van der Waals surface area contributed by atoms with Crippen molar-refractivity contribution in [2.45, 2.75) is 117 Å². The van der Waals surface area contributed by atoms with E-state index >= 15 is 0 Å². The maximum atomic E-state index is 5.69. The largest absolute Gasteiger partial charge is 0.374 e. The molecule has 0 spiro atoms. The summed E-state index contributed by atoms with van der Waals surface area (Å²) in [5.41, 5.74) is 1.60. The fraction of sp³-hybridized carbons (Fsp3) is 0.920. The molecule has 0 N–H and O–H groups in total. The lowest BCUT2D eigenvalue weighted by Crippen LogP contribution is -2.24. The van der Waals surface area contributed by atoms with E-state index in [-0.39, 0.29) is 0 Å². The van der Waals surface area contributed by atoms with Crippen LogP contribution in [-0.2, 0) is 9.47 Å². The van der Waals surface area contributed by atoms with Gasteiger partial charge in [-0.15, -0.1) is 0 Å². The fourth-order valence-corrected chi connectivity index (χ4v) is 6.73. The molecule has 3 saturated heterocycles. The third-order valence-electron chi connectivity index (χ3n) is 8.51. The Morgan fingerprint density at radius 2 is 1.48 bits per heavy atom. The number of hydrogen-bond acceptors (Lipinski definition) is 2. The van der Waals surface area contributed by atoms with Gasteiger partial charge in [-0.05, 0) is 73.0 Å². The first-order valence-electron chi connectivity index (χ1n) is 11.5. The summed E-state index contributed by atoms with van der Waals surface area (Å²) in [6.07, 6.45) is 17.6. The van der Waals surface area contributed by atoms with Crippen LogP contribution in [0.4, 0.5) is 0 Å². The molecule has 0 aromatic carbocycles. The highest BCUT2D eigenvalue weighted by Crippen LogP contribution is 2.55. The summed E-state index contributed by atoms with van der Waals surface area (Å²) in [4.78, 5) is 0. The van der Waals surface area contributed by atoms with E-state index in [4.69, 9.17) is 9.47 Å². The smallest absolute Gasteiger partial charge is 0.0816 e. The zero-order valence-corrected chi connectivity index (χ0v) is 18.6. The second-order valence-corrected chi connectivity index (χ2v) is 12.3. The van der Waals surface area contributed by atoms with Gasteiger partial charge in [0.25, 0.3) is 0 Å². The van der Waals surface area contributed by atoms with Crippen molar-refractivity contribution >= 4 is 0 Å². The summed E-state index contributed by atoms with van der Waals surface area (Å²) in [6, 6.07) is 0. The summed E-state index contributed by atoms with van der Waals surface area (Å²) in [7, 11) is 0. The van der Waals surface area contributed by atoms with Gasteiger partial charge in [0.1, 0.15) is 0 Å². The van der Waals surface area contributed by atoms with E-state index < -0.39 is 0 Å². The minimum atomic E-state index is 0.402. The molecular formula is C25H42O2. The molecule has 2 nitrogen and oxygen atoms in total. The maximum Gasteiger partial charge on any atom is 0.0816 e. The molecule has 6 bridgehead atoms. The standard InChI is InChI=1S/C9H16.C8H14O.C8H12O/c1-9(2)6-7-3-4-8(9)5-7;2*1-8(2)5-6-3-4-7(8)9-6/h7-8H,3-6H2,1-2H3;6-7H,3-5H2,1-2H3;3-4,6-7H,5H2,1-2H3. The van der Waals surface area contributed by atoms with Crippen LogP contribution in [0.2, 0.25) is 0 Å². The predicted molar refractivity (Wildman–Crippen MR) is 112 cm³/mol. The highest BCUT2D eigenvalue weighted by Gasteiger charge is 2.46. The van der Waals surface area contributed by atoms with Crippen LogP contribution < -0.4 is 0 Å². The Morgan fingerprint density at radius 3 is 1.70 bits per heavy atom. The molecule has 2 saturated carbocycles. The van der Waals surface area contributed by atoms with Crippen LogP contribution in [0.1, 0.15) is 92.9 Å². The summed E-state index contributed by atoms with van der Waals surface area (Å²) in [6.45, 7) is 14.0. The Labute approximate surface area is 167 Å². The molecule has 2 aliphatic carbocycles. The highest BCUT2D eigenvalue weighted by atomic mass is 16.5. The van der Waals surface area contributed by atoms with E-state index in [0.717, 1.165) is 11.8 Å². The van der Waals surface area contributed by atoms with Gasteiger partial charge < -0.3 is 9.47 Å². The molecule has 0 amide bonds. The average molecular weight is 375 g/mol. The SMILES string of the molecule is CC1(C)CC2C=CC1O2.CC1(C)CC2CCC1C2.CC1(C)CC2CCC1O2. The summed E-state index contributed by atoms with van der Waals surface area (Å²) >= 11 is 0.